The van der Waals surface area contributed by atoms with Gasteiger partial charge in [-0.1, -0.05) is 60.7 Å². The zero-order valence-electron chi connectivity index (χ0n) is 17.6. The predicted octanol–water partition coefficient (Wildman–Crippen LogP) is 5.19. The van der Waals surface area contributed by atoms with E-state index in [1.165, 1.54) is 31.4 Å². The fourth-order valence-corrected chi connectivity index (χ4v) is 6.25. The van der Waals surface area contributed by atoms with E-state index in [0.29, 0.717) is 17.2 Å². The lowest BCUT2D eigenvalue weighted by Gasteiger charge is -2.37. The van der Waals surface area contributed by atoms with Crippen LogP contribution in [0, 0.1) is 0 Å². The van der Waals surface area contributed by atoms with Gasteiger partial charge < -0.3 is 9.29 Å². The van der Waals surface area contributed by atoms with E-state index in [1.807, 2.05) is 30.3 Å². The summed E-state index contributed by atoms with van der Waals surface area (Å²) in [7, 11) is 1.47. The summed E-state index contributed by atoms with van der Waals surface area (Å²) >= 11 is -1.85. The van der Waals surface area contributed by atoms with E-state index in [1.54, 1.807) is 35.2 Å². The van der Waals surface area contributed by atoms with Gasteiger partial charge in [0.2, 0.25) is 0 Å². The molecule has 0 radical (unpaired) electrons. The highest BCUT2D eigenvalue weighted by atomic mass is 32.2. The molecule has 7 heteroatoms. The van der Waals surface area contributed by atoms with Crippen molar-refractivity contribution in [3.63, 3.8) is 0 Å². The van der Waals surface area contributed by atoms with Gasteiger partial charge >= 0.3 is 6.18 Å². The summed E-state index contributed by atoms with van der Waals surface area (Å²) in [6, 6.07) is 23.8. The fourth-order valence-electron chi connectivity index (χ4n) is 4.44. The van der Waals surface area contributed by atoms with Crippen molar-refractivity contribution in [2.75, 3.05) is 20.2 Å². The molecule has 1 aliphatic heterocycles. The van der Waals surface area contributed by atoms with Crippen LogP contribution in [-0.2, 0) is 23.1 Å². The zero-order chi connectivity index (χ0) is 22.8. The molecule has 0 saturated carbocycles. The Morgan fingerprint density at radius 3 is 2.12 bits per heavy atom. The molecule has 1 fully saturated rings. The molecule has 168 valence electrons. The molecule has 3 atom stereocenters. The minimum atomic E-state index is -4.60. The van der Waals surface area contributed by atoms with E-state index < -0.39 is 28.0 Å². The highest BCUT2D eigenvalue weighted by Crippen LogP contribution is 2.51. The first-order valence-electron chi connectivity index (χ1n) is 10.3. The van der Waals surface area contributed by atoms with Crippen molar-refractivity contribution in [3.8, 4) is 5.75 Å². The SMILES string of the molecule is COc1ccc(C2(C(F)(F)F)CN(Cc3ccccc3)CC2[S+]([O-])c2ccccc2)cc1. The molecule has 1 saturated heterocycles. The first kappa shape index (κ1) is 22.7. The summed E-state index contributed by atoms with van der Waals surface area (Å²) < 4.78 is 63.5. The van der Waals surface area contributed by atoms with E-state index in [4.69, 9.17) is 4.74 Å². The molecular weight excluding hydrogens is 435 g/mol. The maximum absolute atomic E-state index is 14.9. The van der Waals surface area contributed by atoms with Crippen molar-refractivity contribution in [2.45, 2.75) is 28.3 Å². The van der Waals surface area contributed by atoms with E-state index >= 15 is 0 Å². The number of ether oxygens (including phenoxy) is 1. The van der Waals surface area contributed by atoms with Crippen molar-refractivity contribution in [1.82, 2.24) is 4.90 Å². The van der Waals surface area contributed by atoms with Crippen LogP contribution < -0.4 is 4.74 Å². The number of methoxy groups -OCH3 is 1. The monoisotopic (exact) mass is 459 g/mol. The van der Waals surface area contributed by atoms with E-state index in [-0.39, 0.29) is 18.7 Å². The molecule has 32 heavy (non-hydrogen) atoms. The second-order valence-corrected chi connectivity index (χ2v) is 9.59. The molecule has 0 aromatic heterocycles. The van der Waals surface area contributed by atoms with Gasteiger partial charge in [0, 0.05) is 19.6 Å². The van der Waals surface area contributed by atoms with Crippen molar-refractivity contribution < 1.29 is 22.5 Å². The number of alkyl halides is 3. The molecule has 3 aromatic rings. The van der Waals surface area contributed by atoms with Crippen molar-refractivity contribution in [2.24, 2.45) is 0 Å². The Morgan fingerprint density at radius 2 is 1.56 bits per heavy atom. The number of benzene rings is 3. The van der Waals surface area contributed by atoms with E-state index in [9.17, 15) is 17.7 Å². The van der Waals surface area contributed by atoms with Crippen LogP contribution in [-0.4, -0.2) is 41.1 Å². The van der Waals surface area contributed by atoms with Crippen LogP contribution in [0.5, 0.6) is 5.75 Å². The second-order valence-electron chi connectivity index (χ2n) is 7.95. The molecule has 0 aliphatic carbocycles. The molecule has 4 rings (SSSR count). The van der Waals surface area contributed by atoms with Gasteiger partial charge in [-0.2, -0.15) is 13.2 Å². The molecular formula is C25H24F3NO2S. The third-order valence-corrected chi connectivity index (χ3v) is 7.85. The summed E-state index contributed by atoms with van der Waals surface area (Å²) in [5.74, 6) is 0.478. The van der Waals surface area contributed by atoms with E-state index in [0.717, 1.165) is 5.56 Å². The lowest BCUT2D eigenvalue weighted by molar-refractivity contribution is -0.186. The first-order valence-corrected chi connectivity index (χ1v) is 11.5. The summed E-state index contributed by atoms with van der Waals surface area (Å²) in [5, 5.41) is -1.15. The van der Waals surface area contributed by atoms with Crippen LogP contribution in [0.1, 0.15) is 11.1 Å². The van der Waals surface area contributed by atoms with Crippen LogP contribution in [0.25, 0.3) is 0 Å². The van der Waals surface area contributed by atoms with Crippen molar-refractivity contribution >= 4 is 11.2 Å². The van der Waals surface area contributed by atoms with Crippen molar-refractivity contribution in [3.05, 3.63) is 96.1 Å². The average Bonchev–Trinajstić information content (AvgIpc) is 3.20. The number of rotatable bonds is 6. The molecule has 0 N–H and O–H groups in total. The van der Waals surface area contributed by atoms with Crippen LogP contribution in [0.15, 0.2) is 89.8 Å². The zero-order valence-corrected chi connectivity index (χ0v) is 18.4. The Balaban J connectivity index is 1.79. The Bertz CT molecular complexity index is 1010. The number of halogens is 3. The van der Waals surface area contributed by atoms with Gasteiger partial charge in [0.1, 0.15) is 5.75 Å². The molecule has 0 amide bonds. The van der Waals surface area contributed by atoms with Crippen LogP contribution in [0.4, 0.5) is 13.2 Å². The molecule has 1 heterocycles. The third-order valence-electron chi connectivity index (χ3n) is 6.04. The average molecular weight is 460 g/mol. The lowest BCUT2D eigenvalue weighted by Crippen LogP contribution is -2.54. The van der Waals surface area contributed by atoms with Crippen LogP contribution in [0.3, 0.4) is 0 Å². The van der Waals surface area contributed by atoms with Gasteiger partial charge in [-0.25, -0.2) is 0 Å². The highest BCUT2D eigenvalue weighted by Gasteiger charge is 2.68. The Kier molecular flexibility index (Phi) is 6.51. The van der Waals surface area contributed by atoms with E-state index in [2.05, 4.69) is 0 Å². The van der Waals surface area contributed by atoms with Crippen LogP contribution in [0.2, 0.25) is 0 Å². The standard InChI is InChI=1S/C25H24F3NO2S/c1-31-21-14-12-20(13-15-21)24(25(26,27)28)18-29(16-19-8-4-2-5-9-19)17-23(24)32(30)22-10-6-3-7-11-22/h2-15,23H,16-18H2,1H3. The van der Waals surface area contributed by atoms with Gasteiger partial charge in [0.25, 0.3) is 0 Å². The molecule has 3 unspecified atom stereocenters. The fraction of sp³-hybridized carbons (Fsp3) is 0.280. The smallest absolute Gasteiger partial charge is 0.404 e. The number of hydrogen-bond acceptors (Lipinski definition) is 3. The van der Waals surface area contributed by atoms with Gasteiger partial charge in [-0.05, 0) is 46.6 Å². The summed E-state index contributed by atoms with van der Waals surface area (Å²) in [6.07, 6.45) is -4.60. The summed E-state index contributed by atoms with van der Waals surface area (Å²) in [6.45, 7) is 0.167. The molecule has 1 aliphatic rings. The number of hydrogen-bond donors (Lipinski definition) is 0. The lowest BCUT2D eigenvalue weighted by atomic mass is 9.78. The first-order chi connectivity index (χ1) is 15.3. The minimum absolute atomic E-state index is 0.0714. The number of likely N-dealkylation sites (tertiary alicyclic amines) is 1. The molecule has 0 bridgehead atoms. The van der Waals surface area contributed by atoms with Crippen molar-refractivity contribution in [1.29, 1.82) is 0 Å². The maximum atomic E-state index is 14.9. The Hall–Kier alpha value is -2.48. The third kappa shape index (κ3) is 4.25. The van der Waals surface area contributed by atoms with Gasteiger partial charge in [0.15, 0.2) is 15.6 Å². The molecule has 3 aromatic carbocycles. The predicted molar refractivity (Wildman–Crippen MR) is 119 cm³/mol. The summed E-state index contributed by atoms with van der Waals surface area (Å²) in [5.41, 5.74) is -1.24. The minimum Gasteiger partial charge on any atom is -0.611 e. The largest absolute Gasteiger partial charge is 0.611 e. The molecule has 0 spiro atoms. The Labute approximate surface area is 189 Å². The van der Waals surface area contributed by atoms with Crippen LogP contribution >= 0.6 is 0 Å². The highest BCUT2D eigenvalue weighted by molar-refractivity contribution is 7.92. The normalized spacial score (nSPS) is 22.6. The number of nitrogens with zero attached hydrogens (tertiary/aromatic N) is 1. The quantitative estimate of drug-likeness (QED) is 0.476. The Morgan fingerprint density at radius 1 is 0.969 bits per heavy atom. The second kappa shape index (κ2) is 9.17. The van der Waals surface area contributed by atoms with Gasteiger partial charge in [-0.3, -0.25) is 4.90 Å². The molecule has 3 nitrogen and oxygen atoms in total. The summed E-state index contributed by atoms with van der Waals surface area (Å²) in [4.78, 5) is 2.17. The topological polar surface area (TPSA) is 35.5 Å². The van der Waals surface area contributed by atoms with Gasteiger partial charge in [-0.15, -0.1) is 0 Å². The maximum Gasteiger partial charge on any atom is 0.404 e. The van der Waals surface area contributed by atoms with Gasteiger partial charge in [0.05, 0.1) is 7.11 Å².